The van der Waals surface area contributed by atoms with E-state index in [1.807, 2.05) is 61.5 Å². The van der Waals surface area contributed by atoms with Crippen LogP contribution in [0.3, 0.4) is 0 Å². The molecule has 1 aliphatic heterocycles. The van der Waals surface area contributed by atoms with Gasteiger partial charge in [0, 0.05) is 15.6 Å². The number of fused-ring (bicyclic) bond motifs is 1. The number of ether oxygens (including phenoxy) is 3. The maximum atomic E-state index is 14.1. The number of carbonyl (C=O) groups excluding carboxylic acids is 1. The van der Waals surface area contributed by atoms with E-state index in [9.17, 15) is 14.9 Å². The molecule has 8 nitrogen and oxygen atoms in total. The molecule has 1 aromatic heterocycles. The fourth-order valence-corrected chi connectivity index (χ4v) is 6.46. The maximum absolute atomic E-state index is 14.1. The quantitative estimate of drug-likeness (QED) is 0.198. The number of methoxy groups -OCH3 is 1. The number of esters is 1. The second-order valence-corrected chi connectivity index (χ2v) is 11.9. The molecule has 0 fully saturated rings. The molecule has 4 aromatic rings. The Morgan fingerprint density at radius 2 is 1.91 bits per heavy atom. The van der Waals surface area contributed by atoms with Crippen molar-refractivity contribution in [2.75, 3.05) is 13.7 Å². The molecule has 0 bridgehead atoms. The summed E-state index contributed by atoms with van der Waals surface area (Å²) in [6, 6.07) is 21.6. The predicted octanol–water partition coefficient (Wildman–Crippen LogP) is 5.80. The van der Waals surface area contributed by atoms with Crippen LogP contribution in [0.1, 0.15) is 55.0 Å². The van der Waals surface area contributed by atoms with E-state index in [1.54, 1.807) is 36.8 Å². The molecule has 0 unspecified atom stereocenters. The van der Waals surface area contributed by atoms with Crippen LogP contribution in [0.2, 0.25) is 0 Å². The van der Waals surface area contributed by atoms with Crippen LogP contribution < -0.4 is 24.4 Å². The average molecular weight is 673 g/mol. The van der Waals surface area contributed by atoms with E-state index in [-0.39, 0.29) is 18.8 Å². The summed E-state index contributed by atoms with van der Waals surface area (Å²) in [6.45, 7) is 4.23. The Labute approximate surface area is 267 Å². The maximum Gasteiger partial charge on any atom is 0.338 e. The lowest BCUT2D eigenvalue weighted by molar-refractivity contribution is -0.139. The molecule has 5 rings (SSSR count). The van der Waals surface area contributed by atoms with Gasteiger partial charge in [-0.3, -0.25) is 9.36 Å². The summed E-state index contributed by atoms with van der Waals surface area (Å²) in [6.07, 6.45) is 3.11. The van der Waals surface area contributed by atoms with Crippen molar-refractivity contribution in [2.45, 2.75) is 39.3 Å². The fraction of sp³-hybridized carbons (Fsp3) is 0.235. The lowest BCUT2D eigenvalue weighted by atomic mass is 9.93. The zero-order valence-corrected chi connectivity index (χ0v) is 26.9. The largest absolute Gasteiger partial charge is 0.496 e. The third-order valence-corrected chi connectivity index (χ3v) is 8.56. The van der Waals surface area contributed by atoms with Crippen LogP contribution in [0.15, 0.2) is 92.3 Å². The van der Waals surface area contributed by atoms with Gasteiger partial charge in [0.05, 0.1) is 41.2 Å². The molecule has 0 saturated carbocycles. The summed E-state index contributed by atoms with van der Waals surface area (Å²) >= 11 is 4.82. The number of nitriles is 1. The van der Waals surface area contributed by atoms with E-state index >= 15 is 0 Å². The monoisotopic (exact) mass is 671 g/mol. The number of aromatic nitrogens is 1. The Bertz CT molecular complexity index is 1950. The van der Waals surface area contributed by atoms with Gasteiger partial charge in [0.2, 0.25) is 0 Å². The van der Waals surface area contributed by atoms with E-state index in [1.165, 1.54) is 11.3 Å². The first-order chi connectivity index (χ1) is 21.4. The Hall–Kier alpha value is -4.46. The van der Waals surface area contributed by atoms with Crippen LogP contribution in [0.25, 0.3) is 6.08 Å². The van der Waals surface area contributed by atoms with Crippen molar-refractivity contribution in [3.63, 3.8) is 0 Å². The van der Waals surface area contributed by atoms with Crippen molar-refractivity contribution in [1.29, 1.82) is 5.26 Å². The smallest absolute Gasteiger partial charge is 0.338 e. The van der Waals surface area contributed by atoms with E-state index in [2.05, 4.69) is 22.0 Å². The highest BCUT2D eigenvalue weighted by molar-refractivity contribution is 9.10. The summed E-state index contributed by atoms with van der Waals surface area (Å²) in [4.78, 5) is 32.8. The van der Waals surface area contributed by atoms with Crippen molar-refractivity contribution in [3.8, 4) is 17.6 Å². The van der Waals surface area contributed by atoms with Crippen molar-refractivity contribution in [3.05, 3.63) is 124 Å². The highest BCUT2D eigenvalue weighted by atomic mass is 79.9. The molecule has 1 aliphatic rings. The highest BCUT2D eigenvalue weighted by Crippen LogP contribution is 2.38. The topological polar surface area (TPSA) is 103 Å². The Kier molecular flexibility index (Phi) is 9.78. The third-order valence-electron chi connectivity index (χ3n) is 7.09. The van der Waals surface area contributed by atoms with E-state index in [0.29, 0.717) is 49.7 Å². The molecule has 2 heterocycles. The number of hydrogen-bond acceptors (Lipinski definition) is 8. The van der Waals surface area contributed by atoms with E-state index in [4.69, 9.17) is 19.2 Å². The van der Waals surface area contributed by atoms with Gasteiger partial charge in [-0.1, -0.05) is 70.9 Å². The van der Waals surface area contributed by atoms with Crippen LogP contribution in [0.4, 0.5) is 0 Å². The molecule has 224 valence electrons. The Morgan fingerprint density at radius 1 is 1.14 bits per heavy atom. The molecule has 1 atom stereocenters. The summed E-state index contributed by atoms with van der Waals surface area (Å²) in [5, 5.41) is 9.33. The van der Waals surface area contributed by atoms with E-state index in [0.717, 1.165) is 22.0 Å². The van der Waals surface area contributed by atoms with Gasteiger partial charge in [-0.15, -0.1) is 0 Å². The number of allylic oxidation sites excluding steroid dienone is 1. The minimum Gasteiger partial charge on any atom is -0.496 e. The average Bonchev–Trinajstić information content (AvgIpc) is 3.34. The zero-order valence-electron chi connectivity index (χ0n) is 24.5. The minimum atomic E-state index is -0.784. The molecule has 0 N–H and O–H groups in total. The molecular weight excluding hydrogens is 642 g/mol. The van der Waals surface area contributed by atoms with Gasteiger partial charge in [0.25, 0.3) is 5.56 Å². The van der Waals surface area contributed by atoms with Gasteiger partial charge in [-0.25, -0.2) is 9.79 Å². The number of thiazole rings is 1. The summed E-state index contributed by atoms with van der Waals surface area (Å²) in [7, 11) is 1.56. The van der Waals surface area contributed by atoms with Crippen LogP contribution in [0.5, 0.6) is 11.5 Å². The summed E-state index contributed by atoms with van der Waals surface area (Å²) < 4.78 is 19.9. The zero-order chi connectivity index (χ0) is 31.2. The first-order valence-electron chi connectivity index (χ1n) is 14.1. The molecule has 0 amide bonds. The first-order valence-corrected chi connectivity index (χ1v) is 15.8. The molecule has 0 spiro atoms. The van der Waals surface area contributed by atoms with Gasteiger partial charge in [0.1, 0.15) is 24.1 Å². The minimum absolute atomic E-state index is 0.193. The van der Waals surface area contributed by atoms with E-state index < -0.39 is 12.0 Å². The van der Waals surface area contributed by atoms with Crippen LogP contribution in [0, 0.1) is 11.3 Å². The highest BCUT2D eigenvalue weighted by Gasteiger charge is 2.36. The molecule has 0 aliphatic carbocycles. The molecule has 0 radical (unpaired) electrons. The summed E-state index contributed by atoms with van der Waals surface area (Å²) in [5.74, 6) is 0.677. The predicted molar refractivity (Wildman–Crippen MR) is 172 cm³/mol. The second kappa shape index (κ2) is 13.9. The molecule has 10 heteroatoms. The first kappa shape index (κ1) is 31.0. The lowest BCUT2D eigenvalue weighted by Gasteiger charge is -2.27. The van der Waals surface area contributed by atoms with Crippen molar-refractivity contribution < 1.29 is 19.0 Å². The number of rotatable bonds is 10. The van der Waals surface area contributed by atoms with Crippen LogP contribution >= 0.6 is 27.3 Å². The summed E-state index contributed by atoms with van der Waals surface area (Å²) in [5.41, 5.74) is 3.50. The number of carbonyl (C=O) groups is 1. The number of benzene rings is 3. The molecular formula is C34H30BrN3O5S. The second-order valence-electron chi connectivity index (χ2n) is 9.93. The fourth-order valence-electron chi connectivity index (χ4n) is 5.06. The molecule has 0 saturated heterocycles. The van der Waals surface area contributed by atoms with Gasteiger partial charge in [-0.05, 0) is 61.4 Å². The number of hydrogen-bond donors (Lipinski definition) is 0. The molecule has 3 aromatic carbocycles. The van der Waals surface area contributed by atoms with Gasteiger partial charge in [0.15, 0.2) is 4.80 Å². The Balaban J connectivity index is 1.57. The van der Waals surface area contributed by atoms with Gasteiger partial charge in [-0.2, -0.15) is 5.26 Å². The third kappa shape index (κ3) is 6.39. The molecule has 44 heavy (non-hydrogen) atoms. The number of nitrogens with zero attached hydrogens (tertiary/aromatic N) is 3. The Morgan fingerprint density at radius 3 is 2.61 bits per heavy atom. The lowest BCUT2D eigenvalue weighted by Crippen LogP contribution is -2.40. The normalized spacial score (nSPS) is 14.4. The van der Waals surface area contributed by atoms with Crippen LogP contribution in [-0.4, -0.2) is 24.3 Å². The number of halogens is 1. The van der Waals surface area contributed by atoms with Gasteiger partial charge >= 0.3 is 5.97 Å². The van der Waals surface area contributed by atoms with Crippen LogP contribution in [-0.2, 0) is 16.1 Å². The van der Waals surface area contributed by atoms with Crippen molar-refractivity contribution in [2.24, 2.45) is 4.99 Å². The SMILES string of the molecule is CCCC1=C(C(=O)OCC)[C@H](c2cc(Br)ccc2OC)n2c(s/c(=C/c3ccc(OCc4ccccc4C#N)cc3)c2=O)=N1. The van der Waals surface area contributed by atoms with Gasteiger partial charge < -0.3 is 14.2 Å². The van der Waals surface area contributed by atoms with Crippen molar-refractivity contribution in [1.82, 2.24) is 4.57 Å². The standard InChI is InChI=1S/C34H30BrN3O5S/c1-4-8-27-30(33(40)42-5-2)31(26-18-24(35)13-16-28(26)41-3)38-32(39)29(44-34(38)37-27)17-21-11-14-25(15-12-21)43-20-23-10-7-6-9-22(23)19-36/h6-7,9-18,31H,4-5,8,20H2,1-3H3/b29-17+/t31-/m0/s1. The van der Waals surface area contributed by atoms with Crippen molar-refractivity contribution >= 4 is 39.3 Å².